The molecule has 2 atom stereocenters. The predicted molar refractivity (Wildman–Crippen MR) is 150 cm³/mol. The molecule has 0 saturated heterocycles. The van der Waals surface area contributed by atoms with Crippen molar-refractivity contribution in [3.63, 3.8) is 0 Å². The van der Waals surface area contributed by atoms with E-state index >= 15 is 0 Å². The summed E-state index contributed by atoms with van der Waals surface area (Å²) in [5, 5.41) is 12.1. The Balaban J connectivity index is 1.91. The molecule has 1 aliphatic rings. The summed E-state index contributed by atoms with van der Waals surface area (Å²) in [6.07, 6.45) is -2.29. The van der Waals surface area contributed by atoms with E-state index in [-0.39, 0.29) is 12.4 Å². The third kappa shape index (κ3) is 4.95. The Kier molecular flexibility index (Phi) is 7.61. The van der Waals surface area contributed by atoms with Gasteiger partial charge in [-0.25, -0.2) is 0 Å². The summed E-state index contributed by atoms with van der Waals surface area (Å²) in [4.78, 5) is 24.9. The molecule has 0 bridgehead atoms. The number of phenols is 1. The van der Waals surface area contributed by atoms with Gasteiger partial charge in [0.1, 0.15) is 35.4 Å². The Hall–Kier alpha value is -4.92. The normalized spacial score (nSPS) is 15.3. The molecule has 0 unspecified atom stereocenters. The molecule has 1 N–H and O–H groups in total. The molecule has 0 spiro atoms. The third-order valence-corrected chi connectivity index (χ3v) is 6.92. The van der Waals surface area contributed by atoms with Crippen LogP contribution >= 0.6 is 0 Å². The highest BCUT2D eigenvalue weighted by Gasteiger charge is 2.45. The molecule has 4 aromatic carbocycles. The fourth-order valence-corrected chi connectivity index (χ4v) is 5.45. The maximum atomic E-state index is 12.5. The summed E-state index contributed by atoms with van der Waals surface area (Å²) >= 11 is 0. The first-order valence-corrected chi connectivity index (χ1v) is 12.9. The van der Waals surface area contributed by atoms with Crippen molar-refractivity contribution >= 4 is 22.7 Å². The Labute approximate surface area is 237 Å². The van der Waals surface area contributed by atoms with E-state index in [1.54, 1.807) is 13.2 Å². The van der Waals surface area contributed by atoms with Gasteiger partial charge in [0, 0.05) is 42.0 Å². The molecule has 0 saturated carbocycles. The number of esters is 2. The van der Waals surface area contributed by atoms with E-state index in [2.05, 4.69) is 0 Å². The fraction of sp³-hybridized carbons (Fsp3) is 0.250. The van der Waals surface area contributed by atoms with Gasteiger partial charge in [0.25, 0.3) is 0 Å². The SMILES string of the molecule is COc1c2c(c(OC)c3c(OC)cccc13)[C@H](OC(C)=O)[C@@H](OC(C)=O)c1cc(O)cc(OCc3ccccc3)c1-2. The van der Waals surface area contributed by atoms with Crippen LogP contribution in [0.5, 0.6) is 28.7 Å². The molecule has 9 nitrogen and oxygen atoms in total. The summed E-state index contributed by atoms with van der Waals surface area (Å²) in [6.45, 7) is 2.72. The molecule has 1 aliphatic carbocycles. The highest BCUT2D eigenvalue weighted by atomic mass is 16.6. The molecule has 0 heterocycles. The van der Waals surface area contributed by atoms with Gasteiger partial charge in [0.15, 0.2) is 12.2 Å². The second-order valence-corrected chi connectivity index (χ2v) is 9.48. The van der Waals surface area contributed by atoms with Crippen LogP contribution in [0.25, 0.3) is 21.9 Å². The number of hydrogen-bond donors (Lipinski definition) is 1. The molecule has 0 aliphatic heterocycles. The van der Waals surface area contributed by atoms with E-state index < -0.39 is 24.1 Å². The lowest BCUT2D eigenvalue weighted by Gasteiger charge is -2.37. The maximum Gasteiger partial charge on any atom is 0.303 e. The van der Waals surface area contributed by atoms with Gasteiger partial charge >= 0.3 is 11.9 Å². The summed E-state index contributed by atoms with van der Waals surface area (Å²) in [6, 6.07) is 18.0. The molecule has 0 aromatic heterocycles. The number of aromatic hydroxyl groups is 1. The van der Waals surface area contributed by atoms with Crippen LogP contribution in [0.3, 0.4) is 0 Å². The number of carbonyl (C=O) groups is 2. The summed E-state index contributed by atoms with van der Waals surface area (Å²) in [7, 11) is 4.57. The van der Waals surface area contributed by atoms with Crippen molar-refractivity contribution in [1.82, 2.24) is 0 Å². The van der Waals surface area contributed by atoms with Crippen LogP contribution in [-0.4, -0.2) is 38.4 Å². The zero-order valence-electron chi connectivity index (χ0n) is 23.3. The van der Waals surface area contributed by atoms with Crippen LogP contribution in [0.4, 0.5) is 0 Å². The second-order valence-electron chi connectivity index (χ2n) is 9.48. The van der Waals surface area contributed by atoms with E-state index in [4.69, 9.17) is 28.4 Å². The summed E-state index contributed by atoms with van der Waals surface area (Å²) < 4.78 is 35.6. The Morgan fingerprint density at radius 1 is 0.756 bits per heavy atom. The second kappa shape index (κ2) is 11.3. The lowest BCUT2D eigenvalue weighted by Crippen LogP contribution is -2.27. The van der Waals surface area contributed by atoms with Crippen molar-refractivity contribution in [2.75, 3.05) is 21.3 Å². The number of phenolic OH excluding ortho intramolecular Hbond substituents is 1. The van der Waals surface area contributed by atoms with E-state index in [0.717, 1.165) is 5.56 Å². The van der Waals surface area contributed by atoms with Crippen LogP contribution in [0.2, 0.25) is 0 Å². The minimum atomic E-state index is -1.15. The van der Waals surface area contributed by atoms with Gasteiger partial charge < -0.3 is 33.5 Å². The van der Waals surface area contributed by atoms with E-state index in [9.17, 15) is 14.7 Å². The number of ether oxygens (including phenoxy) is 6. The first-order valence-electron chi connectivity index (χ1n) is 12.9. The monoisotopic (exact) mass is 558 g/mol. The lowest BCUT2D eigenvalue weighted by atomic mass is 9.78. The highest BCUT2D eigenvalue weighted by Crippen LogP contribution is 2.61. The Bertz CT molecular complexity index is 1630. The number of carbonyl (C=O) groups excluding carboxylic acids is 2. The van der Waals surface area contributed by atoms with Gasteiger partial charge in [-0.05, 0) is 17.7 Å². The molecule has 41 heavy (non-hydrogen) atoms. The number of hydrogen-bond acceptors (Lipinski definition) is 9. The summed E-state index contributed by atoms with van der Waals surface area (Å²) in [5.74, 6) is 0.259. The first kappa shape index (κ1) is 27.6. The smallest absolute Gasteiger partial charge is 0.303 e. The molecule has 9 heteroatoms. The average molecular weight is 559 g/mol. The van der Waals surface area contributed by atoms with Crippen LogP contribution in [0.1, 0.15) is 42.7 Å². The molecule has 0 amide bonds. The quantitative estimate of drug-likeness (QED) is 0.259. The van der Waals surface area contributed by atoms with Gasteiger partial charge in [-0.15, -0.1) is 0 Å². The van der Waals surface area contributed by atoms with E-state index in [1.807, 2.05) is 42.5 Å². The van der Waals surface area contributed by atoms with E-state index in [0.29, 0.717) is 56.0 Å². The van der Waals surface area contributed by atoms with Gasteiger partial charge in [0.05, 0.1) is 32.3 Å². The zero-order valence-corrected chi connectivity index (χ0v) is 23.3. The van der Waals surface area contributed by atoms with Crippen molar-refractivity contribution in [3.8, 4) is 39.9 Å². The molecule has 212 valence electrons. The van der Waals surface area contributed by atoms with Crippen LogP contribution in [-0.2, 0) is 25.7 Å². The topological polar surface area (TPSA) is 110 Å². The Morgan fingerprint density at radius 3 is 2.07 bits per heavy atom. The van der Waals surface area contributed by atoms with Crippen LogP contribution < -0.4 is 18.9 Å². The average Bonchev–Trinajstić information content (AvgIpc) is 2.95. The first-order chi connectivity index (χ1) is 19.8. The van der Waals surface area contributed by atoms with Crippen LogP contribution in [0, 0.1) is 0 Å². The number of benzene rings is 4. The van der Waals surface area contributed by atoms with Gasteiger partial charge in [-0.2, -0.15) is 0 Å². The number of methoxy groups -OCH3 is 3. The van der Waals surface area contributed by atoms with E-state index in [1.165, 1.54) is 40.2 Å². The van der Waals surface area contributed by atoms with Crippen molar-refractivity contribution in [2.24, 2.45) is 0 Å². The number of rotatable bonds is 8. The standard InChI is InChI=1S/C32H30O9/c1-17(33)40-30-22-14-20(35)15-24(39-16-19-10-7-6-8-11-19)25(22)27-28(32(30)41-18(2)34)31(38-5)26-21(29(27)37-4)12-9-13-23(26)36-3/h6-15,30,32,35H,16H2,1-5H3/t30-,32-/m0/s1. The van der Waals surface area contributed by atoms with Crippen molar-refractivity contribution in [2.45, 2.75) is 32.7 Å². The minimum absolute atomic E-state index is 0.123. The van der Waals surface area contributed by atoms with Gasteiger partial charge in [-0.1, -0.05) is 42.5 Å². The minimum Gasteiger partial charge on any atom is -0.508 e. The zero-order chi connectivity index (χ0) is 29.3. The maximum absolute atomic E-state index is 12.5. The molecule has 0 fully saturated rings. The molecular formula is C32H30O9. The van der Waals surface area contributed by atoms with Crippen LogP contribution in [0.15, 0.2) is 60.7 Å². The van der Waals surface area contributed by atoms with Gasteiger partial charge in [-0.3, -0.25) is 9.59 Å². The predicted octanol–water partition coefficient (Wildman–Crippen LogP) is 6.04. The third-order valence-electron chi connectivity index (χ3n) is 6.92. The van der Waals surface area contributed by atoms with Crippen molar-refractivity contribution in [3.05, 3.63) is 77.4 Å². The summed E-state index contributed by atoms with van der Waals surface area (Å²) in [5.41, 5.74) is 2.71. The fourth-order valence-electron chi connectivity index (χ4n) is 5.45. The van der Waals surface area contributed by atoms with Crippen molar-refractivity contribution < 1.29 is 43.1 Å². The molecule has 4 aromatic rings. The lowest BCUT2D eigenvalue weighted by molar-refractivity contribution is -0.167. The Morgan fingerprint density at radius 2 is 1.44 bits per heavy atom. The molecule has 0 radical (unpaired) electrons. The molecule has 5 rings (SSSR count). The highest BCUT2D eigenvalue weighted by molar-refractivity contribution is 6.06. The van der Waals surface area contributed by atoms with Crippen molar-refractivity contribution in [1.29, 1.82) is 0 Å². The largest absolute Gasteiger partial charge is 0.508 e. The van der Waals surface area contributed by atoms with Gasteiger partial charge in [0.2, 0.25) is 0 Å². The molecular weight excluding hydrogens is 528 g/mol. The number of fused-ring (bicyclic) bond motifs is 4.